The van der Waals surface area contributed by atoms with E-state index in [1.807, 2.05) is 53.4 Å². The van der Waals surface area contributed by atoms with Gasteiger partial charge in [-0.05, 0) is 42.8 Å². The van der Waals surface area contributed by atoms with Gasteiger partial charge in [-0.2, -0.15) is 0 Å². The number of fused-ring (bicyclic) bond motifs is 1. The van der Waals surface area contributed by atoms with Crippen molar-refractivity contribution in [2.24, 2.45) is 0 Å². The van der Waals surface area contributed by atoms with Crippen molar-refractivity contribution in [1.29, 1.82) is 0 Å². The van der Waals surface area contributed by atoms with Gasteiger partial charge in [0, 0.05) is 54.4 Å². The number of thiocarbonyl (C=S) groups is 1. The summed E-state index contributed by atoms with van der Waals surface area (Å²) in [5.74, 6) is -0.0217. The van der Waals surface area contributed by atoms with E-state index in [1.165, 1.54) is 18.6 Å². The lowest BCUT2D eigenvalue weighted by atomic mass is 9.94. The topological polar surface area (TPSA) is 71.6 Å². The average molecular weight is 475 g/mol. The summed E-state index contributed by atoms with van der Waals surface area (Å²) >= 11 is 5.67. The Balaban J connectivity index is 1.49. The summed E-state index contributed by atoms with van der Waals surface area (Å²) in [6.07, 6.45) is 9.46. The lowest BCUT2D eigenvalue weighted by Gasteiger charge is -2.30. The smallest absolute Gasteiger partial charge is 0.277 e. The molecular weight excluding hydrogens is 448 g/mol. The minimum atomic E-state index is -0.394. The van der Waals surface area contributed by atoms with Gasteiger partial charge in [-0.25, -0.2) is 0 Å². The number of aromatic nitrogens is 1. The van der Waals surface area contributed by atoms with Crippen LogP contribution in [0.5, 0.6) is 0 Å². The lowest BCUT2D eigenvalue weighted by molar-refractivity contribution is -0.384. The predicted octanol–water partition coefficient (Wildman–Crippen LogP) is 5.33. The van der Waals surface area contributed by atoms with Gasteiger partial charge < -0.3 is 9.47 Å². The van der Waals surface area contributed by atoms with Crippen LogP contribution in [0.2, 0.25) is 0 Å². The Morgan fingerprint density at radius 3 is 2.50 bits per heavy atom. The van der Waals surface area contributed by atoms with Gasteiger partial charge in [-0.1, -0.05) is 49.6 Å². The van der Waals surface area contributed by atoms with Gasteiger partial charge in [0.2, 0.25) is 0 Å². The molecule has 7 nitrogen and oxygen atoms in total. The maximum absolute atomic E-state index is 13.4. The summed E-state index contributed by atoms with van der Waals surface area (Å²) < 4.78 is 2.11. The SMILES string of the molecule is CN1C(=S)N(C2CCCCC2)C(=O)/C1=C/c1cn(Cc2ccc([N+](=O)[O-])cc2)c2ccccc12. The highest BCUT2D eigenvalue weighted by Gasteiger charge is 2.40. The Hall–Kier alpha value is -3.52. The van der Waals surface area contributed by atoms with Crippen LogP contribution in [-0.4, -0.2) is 43.4 Å². The zero-order chi connectivity index (χ0) is 23.8. The number of rotatable bonds is 5. The number of para-hydroxylation sites is 1. The highest BCUT2D eigenvalue weighted by atomic mass is 32.1. The second-order valence-electron chi connectivity index (χ2n) is 8.99. The van der Waals surface area contributed by atoms with E-state index in [0.717, 1.165) is 47.7 Å². The molecule has 1 aliphatic heterocycles. The maximum Gasteiger partial charge on any atom is 0.277 e. The molecule has 34 heavy (non-hydrogen) atoms. The van der Waals surface area contributed by atoms with Gasteiger partial charge in [0.15, 0.2) is 5.11 Å². The van der Waals surface area contributed by atoms with E-state index in [1.54, 1.807) is 12.1 Å². The van der Waals surface area contributed by atoms with Crippen molar-refractivity contribution in [2.75, 3.05) is 7.05 Å². The number of hydrogen-bond acceptors (Lipinski definition) is 4. The number of non-ortho nitro benzene ring substituents is 1. The van der Waals surface area contributed by atoms with Crippen LogP contribution in [0.4, 0.5) is 5.69 Å². The second-order valence-corrected chi connectivity index (χ2v) is 9.36. The van der Waals surface area contributed by atoms with Crippen LogP contribution < -0.4 is 0 Å². The molecule has 3 aromatic rings. The number of carbonyl (C=O) groups is 1. The Kier molecular flexibility index (Phi) is 5.91. The number of benzene rings is 2. The summed E-state index contributed by atoms with van der Waals surface area (Å²) in [5.41, 5.74) is 3.61. The van der Waals surface area contributed by atoms with Gasteiger partial charge >= 0.3 is 0 Å². The number of amides is 1. The number of nitro groups is 1. The Bertz CT molecular complexity index is 1310. The van der Waals surface area contributed by atoms with Crippen molar-refractivity contribution in [3.63, 3.8) is 0 Å². The summed E-state index contributed by atoms with van der Waals surface area (Å²) in [7, 11) is 1.87. The zero-order valence-electron chi connectivity index (χ0n) is 19.0. The molecule has 5 rings (SSSR count). The molecule has 0 spiro atoms. The summed E-state index contributed by atoms with van der Waals surface area (Å²) in [6.45, 7) is 0.568. The van der Waals surface area contributed by atoms with Crippen LogP contribution in [-0.2, 0) is 11.3 Å². The van der Waals surface area contributed by atoms with Gasteiger partial charge in [0.05, 0.1) is 4.92 Å². The maximum atomic E-state index is 13.4. The van der Waals surface area contributed by atoms with Crippen LogP contribution in [0.15, 0.2) is 60.4 Å². The first kappa shape index (κ1) is 22.3. The molecule has 1 aliphatic carbocycles. The molecule has 2 aliphatic rings. The van der Waals surface area contributed by atoms with Gasteiger partial charge in [-0.15, -0.1) is 0 Å². The summed E-state index contributed by atoms with van der Waals surface area (Å²) in [4.78, 5) is 27.6. The van der Waals surface area contributed by atoms with Crippen molar-refractivity contribution >= 4 is 45.9 Å². The Labute approximate surface area is 203 Å². The fourth-order valence-electron chi connectivity index (χ4n) is 5.03. The van der Waals surface area contributed by atoms with E-state index >= 15 is 0 Å². The Morgan fingerprint density at radius 2 is 1.79 bits per heavy atom. The van der Waals surface area contributed by atoms with Crippen molar-refractivity contribution < 1.29 is 9.72 Å². The van der Waals surface area contributed by atoms with E-state index in [4.69, 9.17) is 12.2 Å². The molecule has 0 bridgehead atoms. The first-order valence-corrected chi connectivity index (χ1v) is 12.0. The predicted molar refractivity (Wildman–Crippen MR) is 136 cm³/mol. The standard InChI is InChI=1S/C26H26N4O3S/c1-27-24(25(31)29(26(27)34)20-7-3-2-4-8-20)15-19-17-28(23-10-6-5-9-22(19)23)16-18-11-13-21(14-12-18)30(32)33/h5-6,9-15,17,20H,2-4,7-8,16H2,1H3/b24-15-. The molecule has 1 aromatic heterocycles. The number of nitrogens with zero attached hydrogens (tertiary/aromatic N) is 4. The normalized spacial score (nSPS) is 18.4. The summed E-state index contributed by atoms with van der Waals surface area (Å²) in [5, 5.41) is 12.6. The van der Waals surface area contributed by atoms with Gasteiger partial charge in [0.1, 0.15) is 5.70 Å². The number of nitro benzene ring substituents is 1. The molecule has 1 amide bonds. The molecule has 2 heterocycles. The second kappa shape index (κ2) is 9.02. The van der Waals surface area contributed by atoms with Crippen LogP contribution in [0.3, 0.4) is 0 Å². The van der Waals surface area contributed by atoms with E-state index in [0.29, 0.717) is 17.4 Å². The summed E-state index contributed by atoms with van der Waals surface area (Å²) in [6, 6.07) is 14.9. The molecule has 0 unspecified atom stereocenters. The molecule has 0 atom stereocenters. The van der Waals surface area contributed by atoms with Crippen LogP contribution in [0, 0.1) is 10.1 Å². The van der Waals surface area contributed by atoms with E-state index < -0.39 is 4.92 Å². The molecular formula is C26H26N4O3S. The van der Waals surface area contributed by atoms with Crippen molar-refractivity contribution in [3.05, 3.63) is 81.7 Å². The van der Waals surface area contributed by atoms with Gasteiger partial charge in [-0.3, -0.25) is 19.8 Å². The highest BCUT2D eigenvalue weighted by Crippen LogP contribution is 2.32. The molecule has 1 saturated carbocycles. The monoisotopic (exact) mass is 474 g/mol. The van der Waals surface area contributed by atoms with E-state index in [-0.39, 0.29) is 17.6 Å². The third-order valence-electron chi connectivity index (χ3n) is 6.84. The molecule has 174 valence electrons. The molecule has 2 aromatic carbocycles. The van der Waals surface area contributed by atoms with Crippen LogP contribution in [0.25, 0.3) is 17.0 Å². The minimum absolute atomic E-state index is 0.0217. The molecule has 8 heteroatoms. The van der Waals surface area contributed by atoms with Crippen molar-refractivity contribution in [1.82, 2.24) is 14.4 Å². The third-order valence-corrected chi connectivity index (χ3v) is 7.31. The quantitative estimate of drug-likeness (QED) is 0.216. The lowest BCUT2D eigenvalue weighted by Crippen LogP contribution is -2.41. The highest BCUT2D eigenvalue weighted by molar-refractivity contribution is 7.80. The van der Waals surface area contributed by atoms with E-state index in [9.17, 15) is 14.9 Å². The molecule has 0 radical (unpaired) electrons. The van der Waals surface area contributed by atoms with Crippen molar-refractivity contribution in [2.45, 2.75) is 44.7 Å². The Morgan fingerprint density at radius 1 is 1.09 bits per heavy atom. The minimum Gasteiger partial charge on any atom is -0.342 e. The molecule has 1 saturated heterocycles. The third kappa shape index (κ3) is 3.98. The largest absolute Gasteiger partial charge is 0.342 e. The van der Waals surface area contributed by atoms with Crippen LogP contribution >= 0.6 is 12.2 Å². The van der Waals surface area contributed by atoms with Crippen LogP contribution in [0.1, 0.15) is 43.2 Å². The fourth-order valence-corrected chi connectivity index (χ4v) is 5.36. The number of carbonyl (C=O) groups excluding carboxylic acids is 1. The average Bonchev–Trinajstić information content (AvgIpc) is 3.30. The molecule has 2 fully saturated rings. The first-order valence-electron chi connectivity index (χ1n) is 11.6. The molecule has 0 N–H and O–H groups in total. The number of hydrogen-bond donors (Lipinski definition) is 0. The fraction of sp³-hybridized carbons (Fsp3) is 0.308. The van der Waals surface area contributed by atoms with Gasteiger partial charge in [0.25, 0.3) is 11.6 Å². The number of likely N-dealkylation sites (N-methyl/N-ethyl adjacent to an activating group) is 1. The zero-order valence-corrected chi connectivity index (χ0v) is 19.8. The van der Waals surface area contributed by atoms with E-state index in [2.05, 4.69) is 4.57 Å². The van der Waals surface area contributed by atoms with Crippen molar-refractivity contribution in [3.8, 4) is 0 Å². The first-order chi connectivity index (χ1) is 16.4.